The van der Waals surface area contributed by atoms with Crippen LogP contribution in [0.1, 0.15) is 32.3 Å². The Morgan fingerprint density at radius 3 is 2.37 bits per heavy atom. The monoisotopic (exact) mass is 264 g/mol. The third-order valence-electron chi connectivity index (χ3n) is 4.02. The van der Waals surface area contributed by atoms with E-state index in [1.807, 2.05) is 7.05 Å². The minimum atomic E-state index is 0.250. The second kappa shape index (κ2) is 5.21. The highest BCUT2D eigenvalue weighted by Gasteiger charge is 2.31. The normalized spacial score (nSPS) is 17.6. The molecule has 0 aromatic carbocycles. The maximum atomic E-state index is 6.07. The number of likely N-dealkylation sites (N-methyl/N-ethyl adjacent to an activating group) is 1. The topological polar surface area (TPSA) is 93.1 Å². The van der Waals surface area contributed by atoms with Crippen LogP contribution in [0.5, 0.6) is 0 Å². The maximum absolute atomic E-state index is 6.07. The van der Waals surface area contributed by atoms with Gasteiger partial charge in [0, 0.05) is 24.7 Å². The molecule has 1 fully saturated rings. The minimum Gasteiger partial charge on any atom is -0.383 e. The van der Waals surface area contributed by atoms with Crippen LogP contribution in [0.15, 0.2) is 0 Å². The number of anilines is 3. The van der Waals surface area contributed by atoms with Gasteiger partial charge in [-0.3, -0.25) is 0 Å². The summed E-state index contributed by atoms with van der Waals surface area (Å²) < 4.78 is 0. The number of nitrogens with two attached hydrogens (primary N) is 2. The molecule has 0 saturated carbocycles. The molecule has 106 valence electrons. The van der Waals surface area contributed by atoms with E-state index in [1.165, 1.54) is 0 Å². The molecule has 2 heterocycles. The molecule has 19 heavy (non-hydrogen) atoms. The lowest BCUT2D eigenvalue weighted by molar-refractivity contribution is 0.442. The summed E-state index contributed by atoms with van der Waals surface area (Å²) in [4.78, 5) is 10.7. The molecule has 0 amide bonds. The lowest BCUT2D eigenvalue weighted by Crippen LogP contribution is -2.57. The third-order valence-corrected chi connectivity index (χ3v) is 4.02. The molecule has 1 aromatic rings. The van der Waals surface area contributed by atoms with Gasteiger partial charge in [-0.1, -0.05) is 20.8 Å². The predicted octanol–water partition coefficient (Wildman–Crippen LogP) is 0.808. The van der Waals surface area contributed by atoms with E-state index in [-0.39, 0.29) is 5.95 Å². The fourth-order valence-electron chi connectivity index (χ4n) is 2.34. The Balaban J connectivity index is 2.35. The highest BCUT2D eigenvalue weighted by Crippen LogP contribution is 2.36. The van der Waals surface area contributed by atoms with Crippen molar-refractivity contribution in [3.63, 3.8) is 0 Å². The smallest absolute Gasteiger partial charge is 0.223 e. The molecule has 1 aliphatic rings. The van der Waals surface area contributed by atoms with E-state index < -0.39 is 0 Å². The molecule has 1 atom stereocenters. The van der Waals surface area contributed by atoms with Crippen molar-refractivity contribution in [1.82, 2.24) is 15.3 Å². The first kappa shape index (κ1) is 13.9. The summed E-state index contributed by atoms with van der Waals surface area (Å²) in [6.07, 6.45) is 0. The van der Waals surface area contributed by atoms with Crippen molar-refractivity contribution in [2.24, 2.45) is 5.92 Å². The molecule has 6 nitrogen and oxygen atoms in total. The molecule has 0 bridgehead atoms. The molecule has 6 heteroatoms. The van der Waals surface area contributed by atoms with Crippen molar-refractivity contribution in [3.8, 4) is 0 Å². The average Bonchev–Trinajstić information content (AvgIpc) is 2.26. The summed E-state index contributed by atoms with van der Waals surface area (Å²) in [5.41, 5.74) is 12.8. The van der Waals surface area contributed by atoms with E-state index in [9.17, 15) is 0 Å². The summed E-state index contributed by atoms with van der Waals surface area (Å²) in [7, 11) is 1.97. The van der Waals surface area contributed by atoms with Gasteiger partial charge in [0.15, 0.2) is 0 Å². The Labute approximate surface area is 114 Å². The quantitative estimate of drug-likeness (QED) is 0.745. The molecular weight excluding hydrogens is 240 g/mol. The Kier molecular flexibility index (Phi) is 3.80. The van der Waals surface area contributed by atoms with Crippen LogP contribution in [-0.2, 0) is 0 Å². The first-order chi connectivity index (χ1) is 8.93. The standard InChI is InChI=1S/C13H24N6/c1-7(2)8(3)10-11(14)17-13(15)18-12(10)19-5-9(6-19)16-4/h7-9,16H,5-6H2,1-4H3,(H4,14,15,17,18)/t8-/m0/s1. The SMILES string of the molecule is CNC1CN(c2nc(N)nc(N)c2[C@@H](C)C(C)C)C1. The van der Waals surface area contributed by atoms with Crippen LogP contribution < -0.4 is 21.7 Å². The van der Waals surface area contributed by atoms with Crippen molar-refractivity contribution in [1.29, 1.82) is 0 Å². The zero-order valence-corrected chi connectivity index (χ0v) is 12.1. The fourth-order valence-corrected chi connectivity index (χ4v) is 2.34. The Hall–Kier alpha value is -1.56. The summed E-state index contributed by atoms with van der Waals surface area (Å²) in [6, 6.07) is 0.514. The van der Waals surface area contributed by atoms with Gasteiger partial charge < -0.3 is 21.7 Å². The first-order valence-electron chi connectivity index (χ1n) is 6.79. The largest absolute Gasteiger partial charge is 0.383 e. The Morgan fingerprint density at radius 2 is 1.84 bits per heavy atom. The number of rotatable bonds is 4. The van der Waals surface area contributed by atoms with E-state index in [2.05, 4.69) is 41.0 Å². The van der Waals surface area contributed by atoms with Crippen molar-refractivity contribution < 1.29 is 0 Å². The third kappa shape index (κ3) is 2.58. The van der Waals surface area contributed by atoms with E-state index in [0.717, 1.165) is 24.5 Å². The van der Waals surface area contributed by atoms with Crippen LogP contribution in [0.25, 0.3) is 0 Å². The molecule has 1 aliphatic heterocycles. The fraction of sp³-hybridized carbons (Fsp3) is 0.692. The number of nitrogens with zero attached hydrogens (tertiary/aromatic N) is 3. The van der Waals surface area contributed by atoms with Crippen molar-refractivity contribution in [2.75, 3.05) is 36.5 Å². The zero-order chi connectivity index (χ0) is 14.2. The van der Waals surface area contributed by atoms with Crippen LogP contribution >= 0.6 is 0 Å². The number of hydrogen-bond donors (Lipinski definition) is 3. The van der Waals surface area contributed by atoms with Gasteiger partial charge in [0.2, 0.25) is 5.95 Å². The van der Waals surface area contributed by atoms with E-state index in [1.54, 1.807) is 0 Å². The molecule has 5 N–H and O–H groups in total. The van der Waals surface area contributed by atoms with Crippen LogP contribution in [0.3, 0.4) is 0 Å². The average molecular weight is 264 g/mol. The van der Waals surface area contributed by atoms with Gasteiger partial charge in [0.1, 0.15) is 11.6 Å². The molecule has 0 spiro atoms. The van der Waals surface area contributed by atoms with Gasteiger partial charge in [-0.2, -0.15) is 9.97 Å². The zero-order valence-electron chi connectivity index (χ0n) is 12.1. The van der Waals surface area contributed by atoms with Gasteiger partial charge in [-0.25, -0.2) is 0 Å². The van der Waals surface area contributed by atoms with Gasteiger partial charge >= 0.3 is 0 Å². The second-order valence-electron chi connectivity index (χ2n) is 5.63. The minimum absolute atomic E-state index is 0.250. The van der Waals surface area contributed by atoms with Crippen LogP contribution in [0.2, 0.25) is 0 Å². The van der Waals surface area contributed by atoms with E-state index in [4.69, 9.17) is 11.5 Å². The maximum Gasteiger partial charge on any atom is 0.223 e. The Bertz CT molecular complexity index is 453. The van der Waals surface area contributed by atoms with Gasteiger partial charge in [0.25, 0.3) is 0 Å². The van der Waals surface area contributed by atoms with Crippen LogP contribution in [0.4, 0.5) is 17.6 Å². The summed E-state index contributed by atoms with van der Waals surface area (Å²) >= 11 is 0. The van der Waals surface area contributed by atoms with Gasteiger partial charge in [0.05, 0.1) is 0 Å². The van der Waals surface area contributed by atoms with Crippen molar-refractivity contribution >= 4 is 17.6 Å². The Morgan fingerprint density at radius 1 is 1.21 bits per heavy atom. The highest BCUT2D eigenvalue weighted by molar-refractivity contribution is 5.62. The van der Waals surface area contributed by atoms with Crippen LogP contribution in [-0.4, -0.2) is 36.1 Å². The number of hydrogen-bond acceptors (Lipinski definition) is 6. The molecule has 1 aromatic heterocycles. The molecular formula is C13H24N6. The highest BCUT2D eigenvalue weighted by atomic mass is 15.3. The molecule has 2 rings (SSSR count). The molecule has 0 radical (unpaired) electrons. The lowest BCUT2D eigenvalue weighted by atomic mass is 9.90. The number of nitrogens with one attached hydrogen (secondary N) is 1. The van der Waals surface area contributed by atoms with E-state index >= 15 is 0 Å². The van der Waals surface area contributed by atoms with Crippen molar-refractivity contribution in [2.45, 2.75) is 32.7 Å². The van der Waals surface area contributed by atoms with Crippen LogP contribution in [0, 0.1) is 5.92 Å². The molecule has 1 saturated heterocycles. The molecule has 0 unspecified atom stereocenters. The lowest BCUT2D eigenvalue weighted by Gasteiger charge is -2.41. The van der Waals surface area contributed by atoms with Gasteiger partial charge in [-0.15, -0.1) is 0 Å². The summed E-state index contributed by atoms with van der Waals surface area (Å²) in [6.45, 7) is 8.39. The summed E-state index contributed by atoms with van der Waals surface area (Å²) in [5.74, 6) is 2.45. The van der Waals surface area contributed by atoms with E-state index in [0.29, 0.717) is 23.7 Å². The number of aromatic nitrogens is 2. The van der Waals surface area contributed by atoms with Gasteiger partial charge in [-0.05, 0) is 18.9 Å². The first-order valence-corrected chi connectivity index (χ1v) is 6.79. The molecule has 0 aliphatic carbocycles. The summed E-state index contributed by atoms with van der Waals surface area (Å²) in [5, 5.41) is 3.25. The van der Waals surface area contributed by atoms with Crippen molar-refractivity contribution in [3.05, 3.63) is 5.56 Å². The second-order valence-corrected chi connectivity index (χ2v) is 5.63. The predicted molar refractivity (Wildman–Crippen MR) is 79.2 cm³/mol. The number of nitrogen functional groups attached to an aromatic ring is 2.